The van der Waals surface area contributed by atoms with Crippen LogP contribution in [0.1, 0.15) is 0 Å². The van der Waals surface area contributed by atoms with Crippen molar-refractivity contribution in [1.82, 2.24) is 15.1 Å². The van der Waals surface area contributed by atoms with Crippen molar-refractivity contribution < 1.29 is 19.1 Å². The van der Waals surface area contributed by atoms with Gasteiger partial charge in [-0.15, -0.1) is 0 Å². The molecule has 0 atom stereocenters. The molecule has 1 fully saturated rings. The lowest BCUT2D eigenvalue weighted by atomic mass is 10.3. The smallest absolute Gasteiger partial charge is 0.244 e. The van der Waals surface area contributed by atoms with Gasteiger partial charge in [0.15, 0.2) is 0 Å². The number of amides is 3. The number of rotatable bonds is 6. The van der Waals surface area contributed by atoms with Gasteiger partial charge in [-0.25, -0.2) is 0 Å². The number of carbonyl (C=O) groups is 3. The SMILES string of the molecule is COc1ccc(Cl)cc1NC(=O)CN(C)C(=O)CN1CCNC(=O)C1. The normalized spacial score (nSPS) is 14.6. The van der Waals surface area contributed by atoms with Crippen molar-refractivity contribution in [2.75, 3.05) is 52.2 Å². The van der Waals surface area contributed by atoms with Crippen LogP contribution in [-0.2, 0) is 14.4 Å². The molecular formula is C16H21ClN4O4. The predicted molar refractivity (Wildman–Crippen MR) is 93.7 cm³/mol. The van der Waals surface area contributed by atoms with Crippen molar-refractivity contribution in [3.63, 3.8) is 0 Å². The number of hydrogen-bond donors (Lipinski definition) is 2. The third kappa shape index (κ3) is 5.61. The van der Waals surface area contributed by atoms with Gasteiger partial charge in [0.1, 0.15) is 5.75 Å². The van der Waals surface area contributed by atoms with E-state index in [0.29, 0.717) is 29.5 Å². The molecule has 1 aromatic rings. The summed E-state index contributed by atoms with van der Waals surface area (Å²) in [5, 5.41) is 5.84. The van der Waals surface area contributed by atoms with E-state index < -0.39 is 0 Å². The van der Waals surface area contributed by atoms with E-state index in [1.165, 1.54) is 12.0 Å². The van der Waals surface area contributed by atoms with Gasteiger partial charge in [0.2, 0.25) is 17.7 Å². The van der Waals surface area contributed by atoms with E-state index in [4.69, 9.17) is 16.3 Å². The number of nitrogens with zero attached hydrogens (tertiary/aromatic N) is 2. The molecule has 1 saturated heterocycles. The number of methoxy groups -OCH3 is 1. The number of ether oxygens (including phenoxy) is 1. The molecule has 0 bridgehead atoms. The van der Waals surface area contributed by atoms with Crippen LogP contribution >= 0.6 is 11.6 Å². The van der Waals surface area contributed by atoms with E-state index in [1.54, 1.807) is 30.1 Å². The first-order valence-electron chi connectivity index (χ1n) is 7.75. The highest BCUT2D eigenvalue weighted by molar-refractivity contribution is 6.31. The van der Waals surface area contributed by atoms with Crippen LogP contribution in [0.2, 0.25) is 5.02 Å². The highest BCUT2D eigenvalue weighted by Gasteiger charge is 2.21. The van der Waals surface area contributed by atoms with E-state index in [2.05, 4.69) is 10.6 Å². The summed E-state index contributed by atoms with van der Waals surface area (Å²) in [6.07, 6.45) is 0. The molecule has 0 spiro atoms. The van der Waals surface area contributed by atoms with Gasteiger partial charge in [-0.1, -0.05) is 11.6 Å². The quantitative estimate of drug-likeness (QED) is 0.747. The fourth-order valence-corrected chi connectivity index (χ4v) is 2.58. The standard InChI is InChI=1S/C16H21ClN4O4/c1-20(16(24)10-21-6-5-18-14(22)9-21)8-15(23)19-12-7-11(17)3-4-13(12)25-2/h3-4,7H,5-6,8-10H2,1-2H3,(H,18,22)(H,19,23). The van der Waals surface area contributed by atoms with Crippen LogP contribution in [0.3, 0.4) is 0 Å². The summed E-state index contributed by atoms with van der Waals surface area (Å²) in [5.41, 5.74) is 0.438. The molecule has 8 nitrogen and oxygen atoms in total. The van der Waals surface area contributed by atoms with E-state index in [9.17, 15) is 14.4 Å². The van der Waals surface area contributed by atoms with Crippen molar-refractivity contribution in [3.05, 3.63) is 23.2 Å². The molecule has 9 heteroatoms. The summed E-state index contributed by atoms with van der Waals surface area (Å²) in [5.74, 6) is -0.228. The molecule has 25 heavy (non-hydrogen) atoms. The average molecular weight is 369 g/mol. The molecule has 1 aromatic carbocycles. The van der Waals surface area contributed by atoms with Crippen LogP contribution in [0.15, 0.2) is 18.2 Å². The highest BCUT2D eigenvalue weighted by atomic mass is 35.5. The maximum Gasteiger partial charge on any atom is 0.244 e. The number of piperazine rings is 1. The minimum Gasteiger partial charge on any atom is -0.495 e. The fourth-order valence-electron chi connectivity index (χ4n) is 2.41. The zero-order chi connectivity index (χ0) is 18.4. The van der Waals surface area contributed by atoms with E-state index in [1.807, 2.05) is 0 Å². The zero-order valence-electron chi connectivity index (χ0n) is 14.2. The summed E-state index contributed by atoms with van der Waals surface area (Å²) in [6, 6.07) is 4.88. The van der Waals surface area contributed by atoms with Crippen LogP contribution in [-0.4, -0.2) is 74.4 Å². The van der Waals surface area contributed by atoms with Gasteiger partial charge in [-0.3, -0.25) is 19.3 Å². The molecule has 2 N–H and O–H groups in total. The van der Waals surface area contributed by atoms with Gasteiger partial charge in [0, 0.05) is 25.2 Å². The van der Waals surface area contributed by atoms with Crippen LogP contribution in [0, 0.1) is 0 Å². The molecule has 0 aromatic heterocycles. The molecule has 0 radical (unpaired) electrons. The topological polar surface area (TPSA) is 91.0 Å². The van der Waals surface area contributed by atoms with Crippen molar-refractivity contribution in [2.24, 2.45) is 0 Å². The monoisotopic (exact) mass is 368 g/mol. The molecule has 0 aliphatic carbocycles. The Bertz CT molecular complexity index is 668. The molecular weight excluding hydrogens is 348 g/mol. The maximum atomic E-state index is 12.2. The molecule has 1 aliphatic heterocycles. The third-order valence-electron chi connectivity index (χ3n) is 3.72. The second kappa shape index (κ2) is 8.68. The molecule has 0 unspecified atom stereocenters. The molecule has 2 rings (SSSR count). The number of nitrogens with one attached hydrogen (secondary N) is 2. The minimum absolute atomic E-state index is 0.0949. The summed E-state index contributed by atoms with van der Waals surface area (Å²) < 4.78 is 5.17. The number of carbonyl (C=O) groups excluding carboxylic acids is 3. The van der Waals surface area contributed by atoms with Gasteiger partial charge in [0.05, 0.1) is 32.4 Å². The highest BCUT2D eigenvalue weighted by Crippen LogP contribution is 2.27. The first-order valence-corrected chi connectivity index (χ1v) is 8.13. The van der Waals surface area contributed by atoms with Crippen molar-refractivity contribution in [2.45, 2.75) is 0 Å². The summed E-state index contributed by atoms with van der Waals surface area (Å²) in [6.45, 7) is 1.29. The second-order valence-electron chi connectivity index (χ2n) is 5.70. The Hall–Kier alpha value is -2.32. The van der Waals surface area contributed by atoms with Crippen LogP contribution < -0.4 is 15.4 Å². The first-order chi connectivity index (χ1) is 11.9. The summed E-state index contributed by atoms with van der Waals surface area (Å²) in [7, 11) is 3.03. The molecule has 1 heterocycles. The largest absolute Gasteiger partial charge is 0.495 e. The van der Waals surface area contributed by atoms with Gasteiger partial charge in [-0.2, -0.15) is 0 Å². The molecule has 1 aliphatic rings. The zero-order valence-corrected chi connectivity index (χ0v) is 14.9. The number of halogens is 1. The summed E-state index contributed by atoms with van der Waals surface area (Å²) in [4.78, 5) is 38.8. The van der Waals surface area contributed by atoms with Gasteiger partial charge >= 0.3 is 0 Å². The average Bonchev–Trinajstić information content (AvgIpc) is 2.55. The Kier molecular flexibility index (Phi) is 6.60. The minimum atomic E-state index is -0.368. The number of hydrogen-bond acceptors (Lipinski definition) is 5. The Balaban J connectivity index is 1.88. The predicted octanol–water partition coefficient (Wildman–Crippen LogP) is 0.177. The summed E-state index contributed by atoms with van der Waals surface area (Å²) >= 11 is 5.92. The van der Waals surface area contributed by atoms with Crippen molar-refractivity contribution in [3.8, 4) is 5.75 Å². The Morgan fingerprint density at radius 1 is 1.44 bits per heavy atom. The van der Waals surface area contributed by atoms with E-state index in [-0.39, 0.29) is 37.4 Å². The lowest BCUT2D eigenvalue weighted by Gasteiger charge is -2.27. The number of likely N-dealkylation sites (N-methyl/N-ethyl adjacent to an activating group) is 1. The molecule has 136 valence electrons. The Morgan fingerprint density at radius 3 is 2.88 bits per heavy atom. The lowest BCUT2D eigenvalue weighted by Crippen LogP contribution is -2.51. The lowest BCUT2D eigenvalue weighted by molar-refractivity contribution is -0.135. The maximum absolute atomic E-state index is 12.2. The van der Waals surface area contributed by atoms with Crippen LogP contribution in [0.25, 0.3) is 0 Å². The molecule has 0 saturated carbocycles. The van der Waals surface area contributed by atoms with E-state index >= 15 is 0 Å². The first kappa shape index (κ1) is 19.0. The van der Waals surface area contributed by atoms with Crippen molar-refractivity contribution >= 4 is 35.0 Å². The fraction of sp³-hybridized carbons (Fsp3) is 0.438. The third-order valence-corrected chi connectivity index (χ3v) is 3.95. The Morgan fingerprint density at radius 2 is 2.20 bits per heavy atom. The van der Waals surface area contributed by atoms with E-state index in [0.717, 1.165) is 0 Å². The van der Waals surface area contributed by atoms with Gasteiger partial charge < -0.3 is 20.3 Å². The van der Waals surface area contributed by atoms with Crippen molar-refractivity contribution in [1.29, 1.82) is 0 Å². The van der Waals surface area contributed by atoms with Gasteiger partial charge in [0.25, 0.3) is 0 Å². The number of anilines is 1. The van der Waals surface area contributed by atoms with Gasteiger partial charge in [-0.05, 0) is 18.2 Å². The van der Waals surface area contributed by atoms with Crippen LogP contribution in [0.5, 0.6) is 5.75 Å². The Labute approximate surface area is 151 Å². The van der Waals surface area contributed by atoms with Crippen LogP contribution in [0.4, 0.5) is 5.69 Å². The second-order valence-corrected chi connectivity index (χ2v) is 6.14. The molecule has 3 amide bonds. The number of benzene rings is 1.